The van der Waals surface area contributed by atoms with Crippen molar-refractivity contribution in [3.8, 4) is 0 Å². The first-order valence-corrected chi connectivity index (χ1v) is 8.57. The summed E-state index contributed by atoms with van der Waals surface area (Å²) in [6, 6.07) is 17.5. The Kier molecular flexibility index (Phi) is 3.88. The van der Waals surface area contributed by atoms with Crippen LogP contribution in [0.15, 0.2) is 54.6 Å². The van der Waals surface area contributed by atoms with Gasteiger partial charge in [0.05, 0.1) is 22.3 Å². The maximum absolute atomic E-state index is 13.1. The summed E-state index contributed by atoms with van der Waals surface area (Å²) in [7, 11) is 0. The molecule has 2 aromatic heterocycles. The molecule has 26 heavy (non-hydrogen) atoms. The van der Waals surface area contributed by atoms with Gasteiger partial charge in [-0.05, 0) is 51.1 Å². The number of anilines is 1. The third-order valence-electron chi connectivity index (χ3n) is 4.43. The Hall–Kier alpha value is -3.27. The van der Waals surface area contributed by atoms with E-state index >= 15 is 0 Å². The van der Waals surface area contributed by atoms with E-state index in [9.17, 15) is 4.79 Å². The van der Waals surface area contributed by atoms with Crippen LogP contribution in [0.25, 0.3) is 21.8 Å². The molecule has 4 heteroatoms. The first kappa shape index (κ1) is 16.2. The van der Waals surface area contributed by atoms with Gasteiger partial charge in [-0.25, -0.2) is 0 Å². The molecule has 0 spiro atoms. The van der Waals surface area contributed by atoms with Crippen molar-refractivity contribution in [1.82, 2.24) is 9.97 Å². The number of hydrogen-bond acceptors (Lipinski definition) is 3. The number of fused-ring (bicyclic) bond motifs is 2. The topological polar surface area (TPSA) is 54.9 Å². The number of benzene rings is 2. The molecule has 0 fully saturated rings. The molecule has 0 bridgehead atoms. The van der Waals surface area contributed by atoms with Crippen molar-refractivity contribution in [1.29, 1.82) is 0 Å². The van der Waals surface area contributed by atoms with E-state index in [1.165, 1.54) is 0 Å². The normalized spacial score (nSPS) is 11.0. The zero-order valence-electron chi connectivity index (χ0n) is 15.0. The summed E-state index contributed by atoms with van der Waals surface area (Å²) in [5, 5.41) is 4.87. The summed E-state index contributed by atoms with van der Waals surface area (Å²) in [6.45, 7) is 5.87. The van der Waals surface area contributed by atoms with Crippen molar-refractivity contribution in [2.75, 3.05) is 5.32 Å². The van der Waals surface area contributed by atoms with Gasteiger partial charge in [-0.2, -0.15) is 0 Å². The van der Waals surface area contributed by atoms with Gasteiger partial charge in [0.1, 0.15) is 0 Å². The third kappa shape index (κ3) is 2.90. The van der Waals surface area contributed by atoms with Crippen molar-refractivity contribution in [3.05, 3.63) is 77.1 Å². The number of carbonyl (C=O) groups is 1. The van der Waals surface area contributed by atoms with E-state index in [4.69, 9.17) is 0 Å². The molecule has 0 aliphatic carbocycles. The van der Waals surface area contributed by atoms with Crippen molar-refractivity contribution < 1.29 is 4.79 Å². The van der Waals surface area contributed by atoms with Gasteiger partial charge in [0.2, 0.25) is 0 Å². The van der Waals surface area contributed by atoms with Crippen LogP contribution in [0.3, 0.4) is 0 Å². The van der Waals surface area contributed by atoms with Crippen LogP contribution in [0.1, 0.15) is 27.3 Å². The summed E-state index contributed by atoms with van der Waals surface area (Å²) in [5.74, 6) is -0.139. The number of aromatic nitrogens is 2. The monoisotopic (exact) mass is 341 g/mol. The Bertz CT molecular complexity index is 1160. The van der Waals surface area contributed by atoms with E-state index in [0.29, 0.717) is 5.56 Å². The molecular formula is C22H19N3O. The van der Waals surface area contributed by atoms with Crippen LogP contribution in [0.5, 0.6) is 0 Å². The van der Waals surface area contributed by atoms with Crippen molar-refractivity contribution >= 4 is 33.4 Å². The Labute approximate surface area is 151 Å². The number of pyridine rings is 2. The summed E-state index contributed by atoms with van der Waals surface area (Å²) in [6.07, 6.45) is 0. The third-order valence-corrected chi connectivity index (χ3v) is 4.43. The maximum atomic E-state index is 13.1. The van der Waals surface area contributed by atoms with E-state index in [0.717, 1.165) is 44.4 Å². The average molecular weight is 341 g/mol. The highest BCUT2D eigenvalue weighted by atomic mass is 16.1. The molecule has 1 amide bonds. The summed E-state index contributed by atoms with van der Waals surface area (Å²) in [4.78, 5) is 22.1. The van der Waals surface area contributed by atoms with E-state index in [2.05, 4.69) is 15.3 Å². The minimum absolute atomic E-state index is 0.139. The van der Waals surface area contributed by atoms with Crippen LogP contribution >= 0.6 is 0 Å². The highest BCUT2D eigenvalue weighted by Crippen LogP contribution is 2.26. The Morgan fingerprint density at radius 3 is 2.31 bits per heavy atom. The fourth-order valence-electron chi connectivity index (χ4n) is 3.26. The first-order valence-electron chi connectivity index (χ1n) is 8.57. The molecule has 0 saturated carbocycles. The minimum Gasteiger partial charge on any atom is -0.321 e. The van der Waals surface area contributed by atoms with Crippen LogP contribution < -0.4 is 5.32 Å². The Balaban J connectivity index is 1.83. The zero-order chi connectivity index (χ0) is 18.3. The van der Waals surface area contributed by atoms with Crippen LogP contribution in [0, 0.1) is 20.8 Å². The standard InChI is InChI=1S/C22H19N3O/c1-13-8-9-20-18(10-13)21(12-15(3)24-20)25-22(26)17-11-14(2)23-19-7-5-4-6-16(17)19/h4-12H,1-3H3,(H,24,25,26). The highest BCUT2D eigenvalue weighted by Gasteiger charge is 2.14. The second-order valence-corrected chi connectivity index (χ2v) is 6.61. The fourth-order valence-corrected chi connectivity index (χ4v) is 3.26. The smallest absolute Gasteiger partial charge is 0.256 e. The molecule has 4 aromatic rings. The van der Waals surface area contributed by atoms with Gasteiger partial charge in [-0.15, -0.1) is 0 Å². The van der Waals surface area contributed by atoms with E-state index in [1.807, 2.05) is 75.4 Å². The summed E-state index contributed by atoms with van der Waals surface area (Å²) >= 11 is 0. The van der Waals surface area contributed by atoms with Gasteiger partial charge >= 0.3 is 0 Å². The lowest BCUT2D eigenvalue weighted by atomic mass is 10.1. The Morgan fingerprint density at radius 2 is 1.50 bits per heavy atom. The molecule has 0 unspecified atom stereocenters. The van der Waals surface area contributed by atoms with E-state index < -0.39 is 0 Å². The minimum atomic E-state index is -0.139. The molecule has 1 N–H and O–H groups in total. The molecule has 128 valence electrons. The van der Waals surface area contributed by atoms with Gasteiger partial charge < -0.3 is 5.32 Å². The predicted octanol–water partition coefficient (Wildman–Crippen LogP) is 4.96. The maximum Gasteiger partial charge on any atom is 0.256 e. The van der Waals surface area contributed by atoms with Crippen LogP contribution in [0.2, 0.25) is 0 Å². The number of hydrogen-bond donors (Lipinski definition) is 1. The molecule has 0 atom stereocenters. The van der Waals surface area contributed by atoms with Gasteiger partial charge in [-0.3, -0.25) is 14.8 Å². The van der Waals surface area contributed by atoms with Crippen LogP contribution in [-0.2, 0) is 0 Å². The van der Waals surface area contributed by atoms with E-state index in [1.54, 1.807) is 0 Å². The Morgan fingerprint density at radius 1 is 0.808 bits per heavy atom. The first-order chi connectivity index (χ1) is 12.5. The SMILES string of the molecule is Cc1ccc2nc(C)cc(NC(=O)c3cc(C)nc4ccccc34)c2c1. The van der Waals surface area contributed by atoms with Crippen molar-refractivity contribution in [2.45, 2.75) is 20.8 Å². The van der Waals surface area contributed by atoms with Gasteiger partial charge in [0.25, 0.3) is 5.91 Å². The molecule has 0 radical (unpaired) electrons. The second-order valence-electron chi connectivity index (χ2n) is 6.61. The molecule has 0 saturated heterocycles. The quantitative estimate of drug-likeness (QED) is 0.560. The van der Waals surface area contributed by atoms with Gasteiger partial charge in [-0.1, -0.05) is 29.8 Å². The zero-order valence-corrected chi connectivity index (χ0v) is 15.0. The van der Waals surface area contributed by atoms with Gasteiger partial charge in [0, 0.05) is 22.2 Å². The molecule has 2 heterocycles. The highest BCUT2D eigenvalue weighted by molar-refractivity contribution is 6.14. The average Bonchev–Trinajstić information content (AvgIpc) is 2.61. The number of nitrogens with one attached hydrogen (secondary N) is 1. The predicted molar refractivity (Wildman–Crippen MR) is 106 cm³/mol. The van der Waals surface area contributed by atoms with Crippen molar-refractivity contribution in [2.24, 2.45) is 0 Å². The number of para-hydroxylation sites is 1. The largest absolute Gasteiger partial charge is 0.321 e. The molecule has 2 aromatic carbocycles. The van der Waals surface area contributed by atoms with Gasteiger partial charge in [0.15, 0.2) is 0 Å². The second kappa shape index (κ2) is 6.23. The molecule has 4 rings (SSSR count). The molecule has 4 nitrogen and oxygen atoms in total. The summed E-state index contributed by atoms with van der Waals surface area (Å²) < 4.78 is 0. The van der Waals surface area contributed by atoms with E-state index in [-0.39, 0.29) is 5.91 Å². The lowest BCUT2D eigenvalue weighted by Gasteiger charge is -2.12. The lowest BCUT2D eigenvalue weighted by molar-refractivity contribution is 0.102. The number of aryl methyl sites for hydroxylation is 3. The molecular weight excluding hydrogens is 322 g/mol. The van der Waals surface area contributed by atoms with Crippen LogP contribution in [0.4, 0.5) is 5.69 Å². The molecule has 0 aliphatic rings. The fraction of sp³-hybridized carbons (Fsp3) is 0.136. The number of nitrogens with zero attached hydrogens (tertiary/aromatic N) is 2. The lowest BCUT2D eigenvalue weighted by Crippen LogP contribution is -2.14. The number of carbonyl (C=O) groups excluding carboxylic acids is 1. The van der Waals surface area contributed by atoms with Crippen LogP contribution in [-0.4, -0.2) is 15.9 Å². The summed E-state index contributed by atoms with van der Waals surface area (Å²) in [5.41, 5.74) is 5.92. The number of rotatable bonds is 2. The molecule has 0 aliphatic heterocycles. The van der Waals surface area contributed by atoms with Crippen molar-refractivity contribution in [3.63, 3.8) is 0 Å². The number of amides is 1.